The second kappa shape index (κ2) is 11.1. The summed E-state index contributed by atoms with van der Waals surface area (Å²) in [7, 11) is 0. The van der Waals surface area contributed by atoms with Crippen LogP contribution >= 0.6 is 11.8 Å². The average molecular weight is 476 g/mol. The number of rotatable bonds is 10. The Morgan fingerprint density at radius 2 is 1.71 bits per heavy atom. The highest BCUT2D eigenvalue weighted by Crippen LogP contribution is 2.38. The Kier molecular flexibility index (Phi) is 7.51. The monoisotopic (exact) mass is 475 g/mol. The molecule has 1 amide bonds. The van der Waals surface area contributed by atoms with Gasteiger partial charge in [0.25, 0.3) is 5.91 Å². The van der Waals surface area contributed by atoms with Crippen molar-refractivity contribution in [2.45, 2.75) is 22.6 Å². The molecule has 3 N–H and O–H groups in total. The highest BCUT2D eigenvalue weighted by Gasteiger charge is 2.14. The number of aliphatic carboxylic acids is 1. The number of benzene rings is 3. The van der Waals surface area contributed by atoms with E-state index in [1.165, 1.54) is 11.8 Å². The number of carbonyl (C=O) groups is 2. The molecule has 0 spiro atoms. The molecule has 0 aliphatic heterocycles. The van der Waals surface area contributed by atoms with E-state index < -0.39 is 5.97 Å². The number of hydrogen-bond donors (Lipinski definition) is 3. The first kappa shape index (κ1) is 23.0. The van der Waals surface area contributed by atoms with Crippen molar-refractivity contribution in [3.05, 3.63) is 78.4 Å². The molecule has 10 heteroatoms. The van der Waals surface area contributed by atoms with E-state index in [1.54, 1.807) is 24.3 Å². The highest BCUT2D eigenvalue weighted by atomic mass is 32.2. The zero-order chi connectivity index (χ0) is 23.8. The third kappa shape index (κ3) is 5.99. The topological polar surface area (TPSA) is 130 Å². The van der Waals surface area contributed by atoms with Crippen LogP contribution in [0.15, 0.2) is 82.6 Å². The molecule has 34 heavy (non-hydrogen) atoms. The minimum Gasteiger partial charge on any atom is -0.494 e. The number of para-hydroxylation sites is 1. The Morgan fingerprint density at radius 3 is 2.44 bits per heavy atom. The minimum atomic E-state index is -0.854. The SMILES string of the molecule is O=C(O)CCCOc1ccc(C(=O)Nc2ccccc2Sc2ccccc2-c2nnn[nH]2)cc1. The van der Waals surface area contributed by atoms with Crippen molar-refractivity contribution in [1.82, 2.24) is 20.6 Å². The summed E-state index contributed by atoms with van der Waals surface area (Å²) in [5.41, 5.74) is 2.01. The quantitative estimate of drug-likeness (QED) is 0.286. The van der Waals surface area contributed by atoms with Gasteiger partial charge in [-0.25, -0.2) is 5.10 Å². The number of anilines is 1. The maximum absolute atomic E-state index is 12.9. The van der Waals surface area contributed by atoms with E-state index in [-0.39, 0.29) is 12.3 Å². The number of carboxylic acid groups (broad SMARTS) is 1. The van der Waals surface area contributed by atoms with Gasteiger partial charge in [0, 0.05) is 27.3 Å². The number of amides is 1. The number of ether oxygens (including phenoxy) is 1. The Labute approximate surface area is 199 Å². The van der Waals surface area contributed by atoms with Gasteiger partial charge in [-0.1, -0.05) is 36.0 Å². The molecule has 0 fully saturated rings. The summed E-state index contributed by atoms with van der Waals surface area (Å²) in [4.78, 5) is 25.2. The van der Waals surface area contributed by atoms with E-state index in [0.29, 0.717) is 35.9 Å². The molecular weight excluding hydrogens is 454 g/mol. The molecule has 0 saturated carbocycles. The number of aromatic nitrogens is 4. The first-order valence-corrected chi connectivity index (χ1v) is 11.3. The average Bonchev–Trinajstić information content (AvgIpc) is 3.38. The molecule has 4 rings (SSSR count). The first-order chi connectivity index (χ1) is 16.6. The summed E-state index contributed by atoms with van der Waals surface area (Å²) >= 11 is 1.50. The summed E-state index contributed by atoms with van der Waals surface area (Å²) < 4.78 is 5.52. The molecule has 0 unspecified atom stereocenters. The van der Waals surface area contributed by atoms with E-state index in [9.17, 15) is 9.59 Å². The van der Waals surface area contributed by atoms with Crippen LogP contribution in [0, 0.1) is 0 Å². The van der Waals surface area contributed by atoms with Gasteiger partial charge in [-0.2, -0.15) is 0 Å². The van der Waals surface area contributed by atoms with E-state index >= 15 is 0 Å². The van der Waals surface area contributed by atoms with Crippen molar-refractivity contribution in [2.24, 2.45) is 0 Å². The van der Waals surface area contributed by atoms with E-state index in [2.05, 4.69) is 25.9 Å². The van der Waals surface area contributed by atoms with Gasteiger partial charge in [0.2, 0.25) is 0 Å². The van der Waals surface area contributed by atoms with Crippen molar-refractivity contribution in [1.29, 1.82) is 0 Å². The molecule has 0 aliphatic carbocycles. The Bertz CT molecular complexity index is 1260. The number of tetrazole rings is 1. The van der Waals surface area contributed by atoms with Crippen molar-refractivity contribution < 1.29 is 19.4 Å². The molecule has 0 saturated heterocycles. The summed E-state index contributed by atoms with van der Waals surface area (Å²) in [5.74, 6) is 0.0389. The molecule has 0 bridgehead atoms. The molecule has 0 aliphatic rings. The number of aromatic amines is 1. The maximum Gasteiger partial charge on any atom is 0.303 e. The largest absolute Gasteiger partial charge is 0.494 e. The molecular formula is C24H21N5O4S. The van der Waals surface area contributed by atoms with Gasteiger partial charge >= 0.3 is 5.97 Å². The van der Waals surface area contributed by atoms with Crippen LogP contribution in [-0.2, 0) is 4.79 Å². The highest BCUT2D eigenvalue weighted by molar-refractivity contribution is 7.99. The number of nitrogens with one attached hydrogen (secondary N) is 2. The van der Waals surface area contributed by atoms with Gasteiger partial charge in [-0.3, -0.25) is 9.59 Å². The fourth-order valence-electron chi connectivity index (χ4n) is 3.11. The standard InChI is InChI=1S/C24H21N5O4S/c30-22(31)10-5-15-33-17-13-11-16(12-14-17)24(32)25-19-7-2-4-9-21(19)34-20-8-3-1-6-18(20)23-26-28-29-27-23/h1-4,6-9,11-14H,5,10,15H2,(H,25,32)(H,30,31)(H,26,27,28,29). The summed E-state index contributed by atoms with van der Waals surface area (Å²) in [5, 5.41) is 25.7. The third-order valence-corrected chi connectivity index (χ3v) is 5.91. The zero-order valence-electron chi connectivity index (χ0n) is 18.0. The molecule has 9 nitrogen and oxygen atoms in total. The predicted octanol–water partition coefficient (Wildman–Crippen LogP) is 4.51. The van der Waals surface area contributed by atoms with Crippen LogP contribution in [0.1, 0.15) is 23.2 Å². The predicted molar refractivity (Wildman–Crippen MR) is 127 cm³/mol. The van der Waals surface area contributed by atoms with Gasteiger partial charge in [0.15, 0.2) is 5.82 Å². The molecule has 1 aromatic heterocycles. The second-order valence-electron chi connectivity index (χ2n) is 7.17. The molecule has 3 aromatic carbocycles. The fraction of sp³-hybridized carbons (Fsp3) is 0.125. The van der Waals surface area contributed by atoms with Crippen molar-refractivity contribution in [3.8, 4) is 17.1 Å². The molecule has 4 aromatic rings. The lowest BCUT2D eigenvalue weighted by atomic mass is 10.2. The van der Waals surface area contributed by atoms with E-state index in [4.69, 9.17) is 9.84 Å². The van der Waals surface area contributed by atoms with E-state index in [0.717, 1.165) is 15.4 Å². The zero-order valence-corrected chi connectivity index (χ0v) is 18.8. The maximum atomic E-state index is 12.9. The summed E-state index contributed by atoms with van der Waals surface area (Å²) in [6.45, 7) is 0.300. The van der Waals surface area contributed by atoms with Crippen molar-refractivity contribution >= 4 is 29.3 Å². The Hall–Kier alpha value is -4.18. The smallest absolute Gasteiger partial charge is 0.303 e. The summed E-state index contributed by atoms with van der Waals surface area (Å²) in [6, 6.07) is 22.0. The van der Waals surface area contributed by atoms with Crippen LogP contribution in [0.25, 0.3) is 11.4 Å². The fourth-order valence-corrected chi connectivity index (χ4v) is 4.15. The minimum absolute atomic E-state index is 0.0532. The van der Waals surface area contributed by atoms with Gasteiger partial charge in [-0.05, 0) is 65.4 Å². The number of hydrogen-bond acceptors (Lipinski definition) is 7. The van der Waals surface area contributed by atoms with Crippen LogP contribution in [-0.4, -0.2) is 44.2 Å². The third-order valence-electron chi connectivity index (χ3n) is 4.76. The van der Waals surface area contributed by atoms with E-state index in [1.807, 2.05) is 48.5 Å². The molecule has 172 valence electrons. The Morgan fingerprint density at radius 1 is 0.971 bits per heavy atom. The van der Waals surface area contributed by atoms with Crippen molar-refractivity contribution in [2.75, 3.05) is 11.9 Å². The summed E-state index contributed by atoms with van der Waals surface area (Å²) in [6.07, 6.45) is 0.472. The molecule has 1 heterocycles. The lowest BCUT2D eigenvalue weighted by Gasteiger charge is -2.12. The lowest BCUT2D eigenvalue weighted by molar-refractivity contribution is -0.137. The van der Waals surface area contributed by atoms with Gasteiger partial charge in [-0.15, -0.1) is 5.10 Å². The van der Waals surface area contributed by atoms with Crippen LogP contribution in [0.5, 0.6) is 5.75 Å². The number of H-pyrrole nitrogens is 1. The normalized spacial score (nSPS) is 10.6. The number of carbonyl (C=O) groups excluding carboxylic acids is 1. The van der Waals surface area contributed by atoms with Crippen LogP contribution < -0.4 is 10.1 Å². The van der Waals surface area contributed by atoms with Crippen molar-refractivity contribution in [3.63, 3.8) is 0 Å². The van der Waals surface area contributed by atoms with Crippen LogP contribution in [0.2, 0.25) is 0 Å². The van der Waals surface area contributed by atoms with Gasteiger partial charge < -0.3 is 15.2 Å². The van der Waals surface area contributed by atoms with Gasteiger partial charge in [0.05, 0.1) is 12.3 Å². The van der Waals surface area contributed by atoms with Gasteiger partial charge in [0.1, 0.15) is 5.75 Å². The van der Waals surface area contributed by atoms with Crippen LogP contribution in [0.4, 0.5) is 5.69 Å². The first-order valence-electron chi connectivity index (χ1n) is 10.5. The Balaban J connectivity index is 1.44. The number of nitrogens with zero attached hydrogens (tertiary/aromatic N) is 3. The second-order valence-corrected chi connectivity index (χ2v) is 8.25. The molecule has 0 atom stereocenters. The number of carboxylic acids is 1. The molecule has 0 radical (unpaired) electrons. The van der Waals surface area contributed by atoms with Crippen LogP contribution in [0.3, 0.4) is 0 Å². The lowest BCUT2D eigenvalue weighted by Crippen LogP contribution is -2.12.